The number of rotatable bonds is 7. The first kappa shape index (κ1) is 19.9. The summed E-state index contributed by atoms with van der Waals surface area (Å²) in [5, 5.41) is 9.51. The van der Waals surface area contributed by atoms with Crippen molar-refractivity contribution < 1.29 is 19.1 Å². The standard InChI is InChI=1S/C20H21N5O4S/c1-24(2)18(26)4-3-8-25-9-7-17(23-25)22-19(27)14-11-30-20(21-14)13-5-6-15-16(10-13)29-12-28-15/h5-7,9-11H,3-4,8,12H2,1-2H3,(H,22,23,27). The summed E-state index contributed by atoms with van der Waals surface area (Å²) in [6.07, 6.45) is 2.90. The average molecular weight is 427 g/mol. The number of carbonyl (C=O) groups excluding carboxylic acids is 2. The Labute approximate surface area is 177 Å². The number of hydrogen-bond acceptors (Lipinski definition) is 7. The van der Waals surface area contributed by atoms with Crippen LogP contribution in [-0.4, -0.2) is 52.4 Å². The predicted octanol–water partition coefficient (Wildman–Crippen LogP) is 2.86. The van der Waals surface area contributed by atoms with Crippen LogP contribution in [0.1, 0.15) is 23.3 Å². The van der Waals surface area contributed by atoms with Crippen molar-refractivity contribution in [3.05, 3.63) is 41.5 Å². The number of fused-ring (bicyclic) bond motifs is 1. The molecule has 10 heteroatoms. The van der Waals surface area contributed by atoms with Crippen molar-refractivity contribution >= 4 is 29.0 Å². The fourth-order valence-electron chi connectivity index (χ4n) is 2.89. The van der Waals surface area contributed by atoms with Crippen LogP contribution in [-0.2, 0) is 11.3 Å². The summed E-state index contributed by atoms with van der Waals surface area (Å²) in [5.41, 5.74) is 1.18. The third-order valence-electron chi connectivity index (χ3n) is 4.52. The molecule has 1 N–H and O–H groups in total. The van der Waals surface area contributed by atoms with Crippen LogP contribution in [0.5, 0.6) is 11.5 Å². The maximum absolute atomic E-state index is 12.5. The van der Waals surface area contributed by atoms with Gasteiger partial charge in [-0.1, -0.05) is 0 Å². The number of nitrogens with one attached hydrogen (secondary N) is 1. The Morgan fingerprint density at radius 1 is 1.23 bits per heavy atom. The molecule has 9 nitrogen and oxygen atoms in total. The number of benzene rings is 1. The zero-order chi connectivity index (χ0) is 21.1. The SMILES string of the molecule is CN(C)C(=O)CCCn1ccc(NC(=O)c2csc(-c3ccc4c(c3)OCO4)n2)n1. The molecular weight excluding hydrogens is 406 g/mol. The molecule has 0 bridgehead atoms. The Kier molecular flexibility index (Phi) is 5.66. The molecule has 0 unspecified atom stereocenters. The van der Waals surface area contributed by atoms with Crippen LogP contribution in [0.2, 0.25) is 0 Å². The van der Waals surface area contributed by atoms with Gasteiger partial charge in [-0.05, 0) is 24.6 Å². The smallest absolute Gasteiger partial charge is 0.276 e. The third kappa shape index (κ3) is 4.43. The van der Waals surface area contributed by atoms with Crippen LogP contribution >= 0.6 is 11.3 Å². The third-order valence-corrected chi connectivity index (χ3v) is 5.41. The molecule has 0 spiro atoms. The number of anilines is 1. The first-order valence-corrected chi connectivity index (χ1v) is 10.3. The molecule has 2 aromatic heterocycles. The van der Waals surface area contributed by atoms with Crippen LogP contribution in [0, 0.1) is 0 Å². The van der Waals surface area contributed by atoms with Gasteiger partial charge < -0.3 is 19.7 Å². The maximum Gasteiger partial charge on any atom is 0.276 e. The highest BCUT2D eigenvalue weighted by molar-refractivity contribution is 7.13. The van der Waals surface area contributed by atoms with Gasteiger partial charge in [-0.2, -0.15) is 5.10 Å². The number of amides is 2. The van der Waals surface area contributed by atoms with E-state index in [9.17, 15) is 9.59 Å². The van der Waals surface area contributed by atoms with Gasteiger partial charge in [-0.15, -0.1) is 11.3 Å². The van der Waals surface area contributed by atoms with Crippen LogP contribution in [0.25, 0.3) is 10.6 Å². The lowest BCUT2D eigenvalue weighted by Gasteiger charge is -2.09. The molecule has 2 amide bonds. The van der Waals surface area contributed by atoms with Crippen LogP contribution in [0.15, 0.2) is 35.8 Å². The number of nitrogens with zero attached hydrogens (tertiary/aromatic N) is 4. The lowest BCUT2D eigenvalue weighted by atomic mass is 10.2. The molecule has 0 aliphatic carbocycles. The summed E-state index contributed by atoms with van der Waals surface area (Å²) >= 11 is 1.38. The highest BCUT2D eigenvalue weighted by Gasteiger charge is 2.17. The second-order valence-corrected chi connectivity index (χ2v) is 7.77. The Balaban J connectivity index is 1.35. The van der Waals surface area contributed by atoms with E-state index in [2.05, 4.69) is 15.4 Å². The number of aromatic nitrogens is 3. The van der Waals surface area contributed by atoms with E-state index in [1.807, 2.05) is 18.2 Å². The van der Waals surface area contributed by atoms with Crippen LogP contribution < -0.4 is 14.8 Å². The fourth-order valence-corrected chi connectivity index (χ4v) is 3.69. The zero-order valence-electron chi connectivity index (χ0n) is 16.6. The highest BCUT2D eigenvalue weighted by Crippen LogP contribution is 2.36. The summed E-state index contributed by atoms with van der Waals surface area (Å²) < 4.78 is 12.4. The number of ether oxygens (including phenoxy) is 2. The van der Waals surface area contributed by atoms with E-state index in [1.165, 1.54) is 11.3 Å². The summed E-state index contributed by atoms with van der Waals surface area (Å²) in [5.74, 6) is 1.57. The first-order chi connectivity index (χ1) is 14.5. The number of hydrogen-bond donors (Lipinski definition) is 1. The number of aryl methyl sites for hydroxylation is 1. The van der Waals surface area contributed by atoms with E-state index in [4.69, 9.17) is 9.47 Å². The second kappa shape index (κ2) is 8.54. The van der Waals surface area contributed by atoms with Crippen molar-refractivity contribution in [3.63, 3.8) is 0 Å². The normalized spacial score (nSPS) is 12.1. The van der Waals surface area contributed by atoms with Crippen molar-refractivity contribution in [2.24, 2.45) is 0 Å². The molecule has 1 aliphatic rings. The van der Waals surface area contributed by atoms with Gasteiger partial charge >= 0.3 is 0 Å². The number of thiazole rings is 1. The Hall–Kier alpha value is -3.40. The van der Waals surface area contributed by atoms with Crippen molar-refractivity contribution in [3.8, 4) is 22.1 Å². The summed E-state index contributed by atoms with van der Waals surface area (Å²) in [6, 6.07) is 7.29. The van der Waals surface area contributed by atoms with E-state index in [0.717, 1.165) is 10.6 Å². The van der Waals surface area contributed by atoms with E-state index in [-0.39, 0.29) is 18.6 Å². The summed E-state index contributed by atoms with van der Waals surface area (Å²) in [4.78, 5) is 30.1. The highest BCUT2D eigenvalue weighted by atomic mass is 32.1. The van der Waals surface area contributed by atoms with E-state index >= 15 is 0 Å². The van der Waals surface area contributed by atoms with Gasteiger partial charge in [0.2, 0.25) is 12.7 Å². The molecule has 4 rings (SSSR count). The Bertz CT molecular complexity index is 1070. The molecule has 3 aromatic rings. The van der Waals surface area contributed by atoms with Crippen molar-refractivity contribution in [2.45, 2.75) is 19.4 Å². The van der Waals surface area contributed by atoms with E-state index in [1.54, 1.807) is 41.3 Å². The summed E-state index contributed by atoms with van der Waals surface area (Å²) in [6.45, 7) is 0.809. The van der Waals surface area contributed by atoms with Crippen molar-refractivity contribution in [1.29, 1.82) is 0 Å². The molecule has 30 heavy (non-hydrogen) atoms. The molecule has 0 radical (unpaired) electrons. The van der Waals surface area contributed by atoms with Crippen LogP contribution in [0.4, 0.5) is 5.82 Å². The van der Waals surface area contributed by atoms with Crippen molar-refractivity contribution in [2.75, 3.05) is 26.2 Å². The minimum atomic E-state index is -0.328. The molecule has 0 saturated carbocycles. The van der Waals surface area contributed by atoms with Crippen molar-refractivity contribution in [1.82, 2.24) is 19.7 Å². The molecule has 0 atom stereocenters. The molecule has 1 aliphatic heterocycles. The van der Waals surface area contributed by atoms with Gasteiger partial charge in [0.25, 0.3) is 5.91 Å². The first-order valence-electron chi connectivity index (χ1n) is 9.40. The molecule has 0 fully saturated rings. The predicted molar refractivity (Wildman–Crippen MR) is 112 cm³/mol. The van der Waals surface area contributed by atoms with E-state index < -0.39 is 0 Å². The van der Waals surface area contributed by atoms with Gasteiger partial charge in [0.1, 0.15) is 10.7 Å². The molecule has 1 aromatic carbocycles. The maximum atomic E-state index is 12.5. The quantitative estimate of drug-likeness (QED) is 0.623. The second-order valence-electron chi connectivity index (χ2n) is 6.92. The molecule has 0 saturated heterocycles. The summed E-state index contributed by atoms with van der Waals surface area (Å²) in [7, 11) is 3.47. The minimum absolute atomic E-state index is 0.0810. The largest absolute Gasteiger partial charge is 0.454 e. The van der Waals surface area contributed by atoms with Gasteiger partial charge in [0.15, 0.2) is 17.3 Å². The molecule has 156 valence electrons. The van der Waals surface area contributed by atoms with Gasteiger partial charge in [-0.25, -0.2) is 4.98 Å². The minimum Gasteiger partial charge on any atom is -0.454 e. The average Bonchev–Trinajstić information content (AvgIpc) is 3.47. The lowest BCUT2D eigenvalue weighted by Crippen LogP contribution is -2.21. The van der Waals surface area contributed by atoms with Gasteiger partial charge in [-0.3, -0.25) is 14.3 Å². The monoisotopic (exact) mass is 427 g/mol. The van der Waals surface area contributed by atoms with Gasteiger partial charge in [0, 0.05) is 50.3 Å². The Morgan fingerprint density at radius 3 is 2.90 bits per heavy atom. The zero-order valence-corrected chi connectivity index (χ0v) is 17.4. The lowest BCUT2D eigenvalue weighted by molar-refractivity contribution is -0.128. The van der Waals surface area contributed by atoms with Gasteiger partial charge in [0.05, 0.1) is 0 Å². The number of carbonyl (C=O) groups is 2. The topological polar surface area (TPSA) is 98.6 Å². The van der Waals surface area contributed by atoms with Crippen LogP contribution in [0.3, 0.4) is 0 Å². The molecule has 3 heterocycles. The van der Waals surface area contributed by atoms with E-state index in [0.29, 0.717) is 42.4 Å². The fraction of sp³-hybridized carbons (Fsp3) is 0.300. The Morgan fingerprint density at radius 2 is 2.07 bits per heavy atom. The molecular formula is C20H21N5O4S.